The minimum absolute atomic E-state index is 0.0909. The molecule has 2 rings (SSSR count). The standard InChI is InChI=1S/C7H8N4OS/c1-11-6(12)4-5(9-3-8-4)10-7(11)13-2/h3H,1-2H3,(H,8,9). The van der Waals surface area contributed by atoms with Gasteiger partial charge in [0.1, 0.15) is 0 Å². The zero-order chi connectivity index (χ0) is 9.42. The molecule has 0 bridgehead atoms. The number of hydrogen-bond acceptors (Lipinski definition) is 4. The fourth-order valence-corrected chi connectivity index (χ4v) is 1.67. The number of imidazole rings is 1. The molecular formula is C7H8N4OS. The van der Waals surface area contributed by atoms with E-state index in [9.17, 15) is 4.79 Å². The van der Waals surface area contributed by atoms with Gasteiger partial charge in [0.2, 0.25) is 0 Å². The largest absolute Gasteiger partial charge is 0.339 e. The number of fused-ring (bicyclic) bond motifs is 1. The summed E-state index contributed by atoms with van der Waals surface area (Å²) < 4.78 is 1.51. The van der Waals surface area contributed by atoms with Crippen molar-refractivity contribution in [2.24, 2.45) is 7.05 Å². The summed E-state index contributed by atoms with van der Waals surface area (Å²) in [6.45, 7) is 0. The monoisotopic (exact) mass is 196 g/mol. The number of aromatic nitrogens is 4. The normalized spacial score (nSPS) is 10.9. The van der Waals surface area contributed by atoms with Gasteiger partial charge in [-0.15, -0.1) is 0 Å². The van der Waals surface area contributed by atoms with Crippen LogP contribution in [-0.4, -0.2) is 25.8 Å². The fourth-order valence-electron chi connectivity index (χ4n) is 1.13. The Labute approximate surface area is 78.2 Å². The summed E-state index contributed by atoms with van der Waals surface area (Å²) in [5, 5.41) is 0.671. The van der Waals surface area contributed by atoms with Crippen molar-refractivity contribution in [3.8, 4) is 0 Å². The van der Waals surface area contributed by atoms with Gasteiger partial charge >= 0.3 is 0 Å². The Morgan fingerprint density at radius 3 is 3.08 bits per heavy atom. The lowest BCUT2D eigenvalue weighted by atomic mass is 10.5. The first-order valence-corrected chi connectivity index (χ1v) is 4.90. The number of thioether (sulfide) groups is 1. The molecule has 6 heteroatoms. The number of aromatic amines is 1. The molecule has 0 saturated carbocycles. The summed E-state index contributed by atoms with van der Waals surface area (Å²) in [4.78, 5) is 22.5. The van der Waals surface area contributed by atoms with Crippen LogP contribution in [0.2, 0.25) is 0 Å². The topological polar surface area (TPSA) is 63.6 Å². The Bertz CT molecular complexity index is 501. The van der Waals surface area contributed by atoms with E-state index in [-0.39, 0.29) is 5.56 Å². The molecule has 2 aromatic rings. The van der Waals surface area contributed by atoms with Crippen LogP contribution in [0.1, 0.15) is 0 Å². The molecule has 0 fully saturated rings. The van der Waals surface area contributed by atoms with Crippen molar-refractivity contribution in [1.82, 2.24) is 19.5 Å². The van der Waals surface area contributed by atoms with Crippen LogP contribution in [-0.2, 0) is 7.05 Å². The predicted octanol–water partition coefficient (Wildman–Crippen LogP) is 0.378. The highest BCUT2D eigenvalue weighted by Gasteiger charge is 2.08. The molecule has 5 nitrogen and oxygen atoms in total. The van der Waals surface area contributed by atoms with E-state index in [4.69, 9.17) is 0 Å². The fraction of sp³-hybridized carbons (Fsp3) is 0.286. The van der Waals surface area contributed by atoms with E-state index in [1.807, 2.05) is 6.26 Å². The summed E-state index contributed by atoms with van der Waals surface area (Å²) >= 11 is 1.43. The van der Waals surface area contributed by atoms with Gasteiger partial charge in [-0.3, -0.25) is 9.36 Å². The highest BCUT2D eigenvalue weighted by Crippen LogP contribution is 2.10. The van der Waals surface area contributed by atoms with Crippen LogP contribution in [0, 0.1) is 0 Å². The second-order valence-corrected chi connectivity index (χ2v) is 3.34. The highest BCUT2D eigenvalue weighted by atomic mass is 32.2. The van der Waals surface area contributed by atoms with Gasteiger partial charge in [-0.2, -0.15) is 0 Å². The average molecular weight is 196 g/mol. The molecule has 1 N–H and O–H groups in total. The minimum Gasteiger partial charge on any atom is -0.339 e. The smallest absolute Gasteiger partial charge is 0.279 e. The molecule has 0 amide bonds. The number of H-pyrrole nitrogens is 1. The van der Waals surface area contributed by atoms with Crippen molar-refractivity contribution in [1.29, 1.82) is 0 Å². The number of rotatable bonds is 1. The summed E-state index contributed by atoms with van der Waals surface area (Å²) in [6.07, 6.45) is 3.35. The molecular weight excluding hydrogens is 188 g/mol. The Kier molecular flexibility index (Phi) is 1.84. The predicted molar refractivity (Wildman–Crippen MR) is 50.9 cm³/mol. The van der Waals surface area contributed by atoms with Crippen LogP contribution in [0.5, 0.6) is 0 Å². The van der Waals surface area contributed by atoms with Gasteiger partial charge in [-0.1, -0.05) is 11.8 Å². The molecule has 0 radical (unpaired) electrons. The SMILES string of the molecule is CSc1nc2nc[nH]c2c(=O)n1C. The van der Waals surface area contributed by atoms with Crippen molar-refractivity contribution in [3.63, 3.8) is 0 Å². The lowest BCUT2D eigenvalue weighted by Crippen LogP contribution is -2.19. The van der Waals surface area contributed by atoms with Gasteiger partial charge in [-0.05, 0) is 6.26 Å². The minimum atomic E-state index is -0.0909. The summed E-state index contributed by atoms with van der Waals surface area (Å²) in [6, 6.07) is 0. The van der Waals surface area contributed by atoms with Crippen molar-refractivity contribution in [2.45, 2.75) is 5.16 Å². The molecule has 0 aromatic carbocycles. The summed E-state index contributed by atoms with van der Waals surface area (Å²) in [5.74, 6) is 0. The molecule has 13 heavy (non-hydrogen) atoms. The highest BCUT2D eigenvalue weighted by molar-refractivity contribution is 7.98. The first kappa shape index (κ1) is 8.31. The third-order valence-electron chi connectivity index (χ3n) is 1.81. The maximum absolute atomic E-state index is 11.6. The molecule has 0 saturated heterocycles. The van der Waals surface area contributed by atoms with Gasteiger partial charge in [0, 0.05) is 7.05 Å². The Balaban J connectivity index is 2.92. The van der Waals surface area contributed by atoms with Crippen LogP contribution in [0.4, 0.5) is 0 Å². The second-order valence-electron chi connectivity index (χ2n) is 2.56. The Morgan fingerprint density at radius 2 is 2.38 bits per heavy atom. The van der Waals surface area contributed by atoms with E-state index in [1.54, 1.807) is 7.05 Å². The molecule has 2 heterocycles. The molecule has 0 atom stereocenters. The van der Waals surface area contributed by atoms with Crippen molar-refractivity contribution in [2.75, 3.05) is 6.26 Å². The Morgan fingerprint density at radius 1 is 1.62 bits per heavy atom. The van der Waals surface area contributed by atoms with Gasteiger partial charge in [0.05, 0.1) is 6.33 Å². The summed E-state index contributed by atoms with van der Waals surface area (Å²) in [5.41, 5.74) is 0.847. The lowest BCUT2D eigenvalue weighted by molar-refractivity contribution is 0.724. The van der Waals surface area contributed by atoms with E-state index < -0.39 is 0 Å². The number of hydrogen-bond donors (Lipinski definition) is 1. The van der Waals surface area contributed by atoms with E-state index in [0.29, 0.717) is 16.3 Å². The van der Waals surface area contributed by atoms with E-state index in [1.165, 1.54) is 22.7 Å². The molecule has 0 aliphatic carbocycles. The zero-order valence-corrected chi connectivity index (χ0v) is 8.05. The molecule has 2 aromatic heterocycles. The van der Waals surface area contributed by atoms with Crippen LogP contribution in [0.25, 0.3) is 11.2 Å². The summed E-state index contributed by atoms with van der Waals surface area (Å²) in [7, 11) is 1.70. The van der Waals surface area contributed by atoms with E-state index in [2.05, 4.69) is 15.0 Å². The van der Waals surface area contributed by atoms with Gasteiger partial charge < -0.3 is 4.98 Å². The maximum Gasteiger partial charge on any atom is 0.279 e. The second kappa shape index (κ2) is 2.88. The van der Waals surface area contributed by atoms with Gasteiger partial charge in [0.15, 0.2) is 16.3 Å². The molecule has 0 aliphatic heterocycles. The van der Waals surface area contributed by atoms with Crippen molar-refractivity contribution < 1.29 is 0 Å². The van der Waals surface area contributed by atoms with Gasteiger partial charge in [-0.25, -0.2) is 9.97 Å². The maximum atomic E-state index is 11.6. The molecule has 0 aliphatic rings. The third kappa shape index (κ3) is 1.14. The first-order valence-electron chi connectivity index (χ1n) is 3.68. The zero-order valence-electron chi connectivity index (χ0n) is 7.24. The number of nitrogens with one attached hydrogen (secondary N) is 1. The quantitative estimate of drug-likeness (QED) is 0.529. The van der Waals surface area contributed by atoms with Gasteiger partial charge in [0.25, 0.3) is 5.56 Å². The van der Waals surface area contributed by atoms with Crippen LogP contribution >= 0.6 is 11.8 Å². The molecule has 0 unspecified atom stereocenters. The third-order valence-corrected chi connectivity index (χ3v) is 2.54. The molecule has 68 valence electrons. The van der Waals surface area contributed by atoms with Crippen LogP contribution < -0.4 is 5.56 Å². The first-order chi connectivity index (χ1) is 6.24. The van der Waals surface area contributed by atoms with Crippen molar-refractivity contribution in [3.05, 3.63) is 16.7 Å². The average Bonchev–Trinajstić information content (AvgIpc) is 2.59. The van der Waals surface area contributed by atoms with Crippen LogP contribution in [0.15, 0.2) is 16.3 Å². The van der Waals surface area contributed by atoms with E-state index >= 15 is 0 Å². The number of nitrogens with zero attached hydrogens (tertiary/aromatic N) is 3. The Hall–Kier alpha value is -1.30. The lowest BCUT2D eigenvalue weighted by Gasteiger charge is -2.02. The molecule has 0 spiro atoms. The van der Waals surface area contributed by atoms with Crippen LogP contribution in [0.3, 0.4) is 0 Å². The van der Waals surface area contributed by atoms with Crippen molar-refractivity contribution >= 4 is 22.9 Å². The van der Waals surface area contributed by atoms with E-state index in [0.717, 1.165) is 0 Å².